The van der Waals surface area contributed by atoms with Gasteiger partial charge in [0, 0.05) is 6.54 Å². The molecular weight excluding hydrogens is 174 g/mol. The number of hydrogen-bond donors (Lipinski definition) is 0. The zero-order chi connectivity index (χ0) is 10.6. The second-order valence-corrected chi connectivity index (χ2v) is 3.85. The topological polar surface area (TPSA) is 12.5 Å². The van der Waals surface area contributed by atoms with Crippen molar-refractivity contribution in [3.63, 3.8) is 0 Å². The third-order valence-corrected chi connectivity index (χ3v) is 2.38. The molecule has 0 atom stereocenters. The fourth-order valence-corrected chi connectivity index (χ4v) is 1.39. The van der Waals surface area contributed by atoms with Crippen molar-refractivity contribution in [3.05, 3.63) is 29.3 Å². The zero-order valence-corrected chi connectivity index (χ0v) is 9.50. The molecule has 0 unspecified atom stereocenters. The second kappa shape index (κ2) is 5.01. The number of aryl methyl sites for hydroxylation is 1. The molecule has 0 heterocycles. The summed E-state index contributed by atoms with van der Waals surface area (Å²) in [6.45, 7) is 3.22. The van der Waals surface area contributed by atoms with Gasteiger partial charge in [-0.1, -0.05) is 6.07 Å². The molecule has 14 heavy (non-hydrogen) atoms. The number of methoxy groups -OCH3 is 1. The van der Waals surface area contributed by atoms with Gasteiger partial charge in [0.05, 0.1) is 7.11 Å². The highest BCUT2D eigenvalue weighted by molar-refractivity contribution is 5.35. The van der Waals surface area contributed by atoms with Gasteiger partial charge in [0.25, 0.3) is 0 Å². The summed E-state index contributed by atoms with van der Waals surface area (Å²) in [6.07, 6.45) is 1.08. The molecule has 0 spiro atoms. The van der Waals surface area contributed by atoms with Crippen LogP contribution in [0.25, 0.3) is 0 Å². The van der Waals surface area contributed by atoms with Gasteiger partial charge in [0.2, 0.25) is 0 Å². The van der Waals surface area contributed by atoms with Gasteiger partial charge in [-0.05, 0) is 50.7 Å². The molecule has 0 saturated heterocycles. The van der Waals surface area contributed by atoms with E-state index in [4.69, 9.17) is 4.74 Å². The van der Waals surface area contributed by atoms with Gasteiger partial charge in [-0.15, -0.1) is 0 Å². The summed E-state index contributed by atoms with van der Waals surface area (Å²) in [5.41, 5.74) is 2.71. The van der Waals surface area contributed by atoms with E-state index in [1.165, 1.54) is 11.1 Å². The Morgan fingerprint density at radius 1 is 1.29 bits per heavy atom. The Morgan fingerprint density at radius 2 is 2.00 bits per heavy atom. The molecule has 1 aromatic carbocycles. The average Bonchev–Trinajstić information content (AvgIpc) is 2.16. The molecule has 0 fully saturated rings. The summed E-state index contributed by atoms with van der Waals surface area (Å²) in [4.78, 5) is 2.19. The molecule has 0 N–H and O–H groups in total. The molecule has 0 bridgehead atoms. The van der Waals surface area contributed by atoms with Gasteiger partial charge < -0.3 is 9.64 Å². The number of likely N-dealkylation sites (N-methyl/N-ethyl adjacent to an activating group) is 1. The molecular formula is C12H19NO. The molecule has 0 saturated carbocycles. The van der Waals surface area contributed by atoms with Crippen molar-refractivity contribution in [1.82, 2.24) is 4.90 Å². The lowest BCUT2D eigenvalue weighted by Gasteiger charge is -2.12. The molecule has 78 valence electrons. The Morgan fingerprint density at radius 3 is 2.57 bits per heavy atom. The van der Waals surface area contributed by atoms with Crippen LogP contribution >= 0.6 is 0 Å². The van der Waals surface area contributed by atoms with E-state index in [-0.39, 0.29) is 0 Å². The molecule has 0 aliphatic rings. The van der Waals surface area contributed by atoms with Crippen LogP contribution in [0.15, 0.2) is 18.2 Å². The first-order valence-corrected chi connectivity index (χ1v) is 4.91. The van der Waals surface area contributed by atoms with Crippen LogP contribution in [-0.2, 0) is 6.42 Å². The largest absolute Gasteiger partial charge is 0.497 e. The third kappa shape index (κ3) is 3.04. The van der Waals surface area contributed by atoms with E-state index in [1.807, 2.05) is 6.07 Å². The first-order chi connectivity index (χ1) is 6.63. The molecule has 0 aliphatic heterocycles. The third-order valence-electron chi connectivity index (χ3n) is 2.38. The first kappa shape index (κ1) is 11.1. The number of benzene rings is 1. The SMILES string of the molecule is COc1ccc(C)c(CCN(C)C)c1. The first-order valence-electron chi connectivity index (χ1n) is 4.91. The lowest BCUT2D eigenvalue weighted by Crippen LogP contribution is -2.15. The maximum absolute atomic E-state index is 5.20. The van der Waals surface area contributed by atoms with Crippen LogP contribution in [0, 0.1) is 6.92 Å². The second-order valence-electron chi connectivity index (χ2n) is 3.85. The van der Waals surface area contributed by atoms with Crippen molar-refractivity contribution < 1.29 is 4.74 Å². The van der Waals surface area contributed by atoms with Gasteiger partial charge in [-0.3, -0.25) is 0 Å². The van der Waals surface area contributed by atoms with Crippen molar-refractivity contribution in [2.75, 3.05) is 27.7 Å². The molecule has 0 aromatic heterocycles. The fraction of sp³-hybridized carbons (Fsp3) is 0.500. The quantitative estimate of drug-likeness (QED) is 0.726. The van der Waals surface area contributed by atoms with Crippen LogP contribution in [0.3, 0.4) is 0 Å². The minimum Gasteiger partial charge on any atom is -0.497 e. The number of nitrogens with zero attached hydrogens (tertiary/aromatic N) is 1. The average molecular weight is 193 g/mol. The Hall–Kier alpha value is -1.02. The number of ether oxygens (including phenoxy) is 1. The van der Waals surface area contributed by atoms with Crippen molar-refractivity contribution >= 4 is 0 Å². The molecule has 0 aliphatic carbocycles. The summed E-state index contributed by atoms with van der Waals surface area (Å²) >= 11 is 0. The predicted molar refractivity (Wildman–Crippen MR) is 60.0 cm³/mol. The summed E-state index contributed by atoms with van der Waals surface area (Å²) in [6, 6.07) is 6.25. The van der Waals surface area contributed by atoms with Crippen LogP contribution in [0.4, 0.5) is 0 Å². The number of rotatable bonds is 4. The summed E-state index contributed by atoms with van der Waals surface area (Å²) in [5.74, 6) is 0.948. The van der Waals surface area contributed by atoms with E-state index in [0.717, 1.165) is 18.7 Å². The van der Waals surface area contributed by atoms with Gasteiger partial charge in [-0.2, -0.15) is 0 Å². The van der Waals surface area contributed by atoms with Crippen LogP contribution in [-0.4, -0.2) is 32.6 Å². The fourth-order valence-electron chi connectivity index (χ4n) is 1.39. The van der Waals surface area contributed by atoms with Crippen LogP contribution < -0.4 is 4.74 Å². The molecule has 1 aromatic rings. The molecule has 1 rings (SSSR count). The summed E-state index contributed by atoms with van der Waals surface area (Å²) in [7, 11) is 5.89. The standard InChI is InChI=1S/C12H19NO/c1-10-5-6-12(14-4)9-11(10)7-8-13(2)3/h5-6,9H,7-8H2,1-4H3. The van der Waals surface area contributed by atoms with Crippen LogP contribution in [0.1, 0.15) is 11.1 Å². The van der Waals surface area contributed by atoms with E-state index >= 15 is 0 Å². The van der Waals surface area contributed by atoms with E-state index < -0.39 is 0 Å². The van der Waals surface area contributed by atoms with Crippen LogP contribution in [0.2, 0.25) is 0 Å². The van der Waals surface area contributed by atoms with Gasteiger partial charge in [0.15, 0.2) is 0 Å². The van der Waals surface area contributed by atoms with Crippen molar-refractivity contribution in [1.29, 1.82) is 0 Å². The Bertz CT molecular complexity index is 294. The Balaban J connectivity index is 2.73. The van der Waals surface area contributed by atoms with Gasteiger partial charge in [0.1, 0.15) is 5.75 Å². The van der Waals surface area contributed by atoms with Crippen molar-refractivity contribution in [3.8, 4) is 5.75 Å². The highest BCUT2D eigenvalue weighted by Gasteiger charge is 2.01. The van der Waals surface area contributed by atoms with Gasteiger partial charge >= 0.3 is 0 Å². The predicted octanol–water partition coefficient (Wildman–Crippen LogP) is 2.11. The van der Waals surface area contributed by atoms with Gasteiger partial charge in [-0.25, -0.2) is 0 Å². The molecule has 0 radical (unpaired) electrons. The smallest absolute Gasteiger partial charge is 0.119 e. The summed E-state index contributed by atoms with van der Waals surface area (Å²) < 4.78 is 5.20. The molecule has 2 nitrogen and oxygen atoms in total. The highest BCUT2D eigenvalue weighted by atomic mass is 16.5. The van der Waals surface area contributed by atoms with Crippen LogP contribution in [0.5, 0.6) is 5.75 Å². The molecule has 0 amide bonds. The van der Waals surface area contributed by atoms with E-state index in [0.29, 0.717) is 0 Å². The van der Waals surface area contributed by atoms with Crippen molar-refractivity contribution in [2.24, 2.45) is 0 Å². The highest BCUT2D eigenvalue weighted by Crippen LogP contribution is 2.17. The minimum absolute atomic E-state index is 0.948. The Labute approximate surface area is 86.5 Å². The maximum atomic E-state index is 5.20. The monoisotopic (exact) mass is 193 g/mol. The van der Waals surface area contributed by atoms with E-state index in [2.05, 4.69) is 38.1 Å². The minimum atomic E-state index is 0.948. The molecule has 2 heteroatoms. The maximum Gasteiger partial charge on any atom is 0.119 e. The van der Waals surface area contributed by atoms with Crippen molar-refractivity contribution in [2.45, 2.75) is 13.3 Å². The summed E-state index contributed by atoms with van der Waals surface area (Å²) in [5, 5.41) is 0. The van der Waals surface area contributed by atoms with E-state index in [1.54, 1.807) is 7.11 Å². The normalized spacial score (nSPS) is 10.6. The lowest BCUT2D eigenvalue weighted by molar-refractivity contribution is 0.406. The number of hydrogen-bond acceptors (Lipinski definition) is 2. The zero-order valence-electron chi connectivity index (χ0n) is 9.50. The van der Waals surface area contributed by atoms with E-state index in [9.17, 15) is 0 Å². The lowest BCUT2D eigenvalue weighted by atomic mass is 10.1. The Kier molecular flexibility index (Phi) is 3.96.